The summed E-state index contributed by atoms with van der Waals surface area (Å²) in [5.41, 5.74) is 2.20. The van der Waals surface area contributed by atoms with Crippen LogP contribution in [0.4, 0.5) is 10.1 Å². The Labute approximate surface area is 224 Å². The molecule has 0 spiro atoms. The topological polar surface area (TPSA) is 160 Å². The predicted molar refractivity (Wildman–Crippen MR) is 140 cm³/mol. The fourth-order valence-corrected chi connectivity index (χ4v) is 4.66. The number of amides is 2. The summed E-state index contributed by atoms with van der Waals surface area (Å²) >= 11 is 0. The molecule has 11 heteroatoms. The maximum atomic E-state index is 13.6. The second-order valence-electron chi connectivity index (χ2n) is 10.1. The van der Waals surface area contributed by atoms with Crippen molar-refractivity contribution >= 4 is 28.6 Å². The number of carbonyl (C=O) groups excluding carboxylic acids is 2. The summed E-state index contributed by atoms with van der Waals surface area (Å²) in [5, 5.41) is 51.0. The number of fused-ring (bicyclic) bond motifs is 1. The number of nitrogens with one attached hydrogen (secondary N) is 1. The van der Waals surface area contributed by atoms with E-state index < -0.39 is 54.3 Å². The lowest BCUT2D eigenvalue weighted by Gasteiger charge is -2.28. The third kappa shape index (κ3) is 5.58. The van der Waals surface area contributed by atoms with Crippen LogP contribution in [0, 0.1) is 5.82 Å². The van der Waals surface area contributed by atoms with Crippen LogP contribution < -0.4 is 5.32 Å². The van der Waals surface area contributed by atoms with Crippen LogP contribution in [0.5, 0.6) is 0 Å². The minimum Gasteiger partial charge on any atom is -0.482 e. The molecular weight excluding hydrogens is 511 g/mol. The first-order valence-corrected chi connectivity index (χ1v) is 12.3. The van der Waals surface area contributed by atoms with Gasteiger partial charge in [-0.1, -0.05) is 12.1 Å². The quantitative estimate of drug-likeness (QED) is 0.268. The summed E-state index contributed by atoms with van der Waals surface area (Å²) in [4.78, 5) is 26.7. The number of hydrogen-bond donors (Lipinski definition) is 6. The van der Waals surface area contributed by atoms with Gasteiger partial charge in [0, 0.05) is 30.3 Å². The highest BCUT2D eigenvalue weighted by Gasteiger charge is 2.38. The van der Waals surface area contributed by atoms with Crippen molar-refractivity contribution < 1.29 is 44.2 Å². The zero-order chi connectivity index (χ0) is 28.6. The molecule has 0 saturated carbocycles. The Balaban J connectivity index is 1.53. The van der Waals surface area contributed by atoms with Gasteiger partial charge in [-0.05, 0) is 55.8 Å². The fraction of sp³-hybridized carbons (Fsp3) is 0.357. The summed E-state index contributed by atoms with van der Waals surface area (Å²) in [6.07, 6.45) is -5.03. The Morgan fingerprint density at radius 1 is 1.05 bits per heavy atom. The van der Waals surface area contributed by atoms with Crippen molar-refractivity contribution in [1.82, 2.24) is 4.90 Å². The monoisotopic (exact) mass is 542 g/mol. The van der Waals surface area contributed by atoms with Crippen molar-refractivity contribution in [3.05, 3.63) is 76.8 Å². The van der Waals surface area contributed by atoms with Gasteiger partial charge in [0.1, 0.15) is 41.6 Å². The summed E-state index contributed by atoms with van der Waals surface area (Å²) in [6, 6.07) is 10.7. The molecular formula is C28H31FN2O8. The van der Waals surface area contributed by atoms with E-state index in [1.807, 2.05) is 13.8 Å². The Kier molecular flexibility index (Phi) is 7.92. The van der Waals surface area contributed by atoms with Gasteiger partial charge in [-0.25, -0.2) is 4.39 Å². The number of allylic oxidation sites excluding steroid dienone is 1. The third-order valence-corrected chi connectivity index (χ3v) is 6.84. The molecule has 4 rings (SSSR count). The lowest BCUT2D eigenvalue weighted by molar-refractivity contribution is -0.117. The molecule has 4 atom stereocenters. The molecule has 0 fully saturated rings. The van der Waals surface area contributed by atoms with Gasteiger partial charge in [0.05, 0.1) is 17.9 Å². The van der Waals surface area contributed by atoms with Crippen molar-refractivity contribution in [1.29, 1.82) is 0 Å². The molecule has 0 unspecified atom stereocenters. The van der Waals surface area contributed by atoms with E-state index in [1.165, 1.54) is 25.2 Å². The standard InChI is InChI=1S/C28H31FN2O8/c1-28(2)18(11-22(39-28)23-17-9-8-16(29)10-19(17)30-26(23)37)14-4-6-15(7-5-14)27(38)31(3)12-20(33)24(35)25(36)21(34)13-32/h4-11,20-21,24-25,32-36H,12-13H2,1-3H3,(H,30,37)/t20-,21-,24-,25-/m1/s1. The number of rotatable bonds is 8. The molecule has 0 bridgehead atoms. The summed E-state index contributed by atoms with van der Waals surface area (Å²) in [6.45, 7) is 2.54. The largest absolute Gasteiger partial charge is 0.482 e. The van der Waals surface area contributed by atoms with Gasteiger partial charge < -0.3 is 40.5 Å². The van der Waals surface area contributed by atoms with Gasteiger partial charge in [-0.15, -0.1) is 0 Å². The highest BCUT2D eigenvalue weighted by molar-refractivity contribution is 6.32. The van der Waals surface area contributed by atoms with E-state index in [2.05, 4.69) is 5.32 Å². The molecule has 0 aliphatic carbocycles. The van der Waals surface area contributed by atoms with Gasteiger partial charge in [-0.3, -0.25) is 9.59 Å². The molecule has 0 saturated heterocycles. The van der Waals surface area contributed by atoms with Crippen LogP contribution in [0.2, 0.25) is 0 Å². The van der Waals surface area contributed by atoms with Crippen LogP contribution in [0.3, 0.4) is 0 Å². The Hall–Kier alpha value is -3.61. The van der Waals surface area contributed by atoms with Crippen molar-refractivity contribution in [2.24, 2.45) is 0 Å². The molecule has 0 aromatic heterocycles. The molecule has 208 valence electrons. The van der Waals surface area contributed by atoms with Crippen LogP contribution in [0.25, 0.3) is 11.1 Å². The van der Waals surface area contributed by atoms with Crippen LogP contribution >= 0.6 is 0 Å². The first kappa shape index (κ1) is 28.4. The highest BCUT2D eigenvalue weighted by Crippen LogP contribution is 2.44. The molecule has 2 heterocycles. The van der Waals surface area contributed by atoms with Gasteiger partial charge in [-0.2, -0.15) is 0 Å². The van der Waals surface area contributed by atoms with Crippen molar-refractivity contribution in [3.63, 3.8) is 0 Å². The van der Waals surface area contributed by atoms with E-state index in [-0.39, 0.29) is 6.54 Å². The third-order valence-electron chi connectivity index (χ3n) is 6.84. The Morgan fingerprint density at radius 3 is 2.33 bits per heavy atom. The van der Waals surface area contributed by atoms with Gasteiger partial charge >= 0.3 is 0 Å². The number of likely N-dealkylation sites (N-methyl/N-ethyl adjacent to an activating group) is 1. The lowest BCUT2D eigenvalue weighted by Crippen LogP contribution is -2.49. The molecule has 10 nitrogen and oxygen atoms in total. The van der Waals surface area contributed by atoms with Crippen LogP contribution in [-0.4, -0.2) is 92.5 Å². The average molecular weight is 543 g/mol. The molecule has 2 aliphatic heterocycles. The van der Waals surface area contributed by atoms with Crippen molar-refractivity contribution in [3.8, 4) is 0 Å². The number of hydrogen-bond acceptors (Lipinski definition) is 8. The van der Waals surface area contributed by atoms with Crippen LogP contribution in [0.1, 0.15) is 35.3 Å². The normalized spacial score (nSPS) is 20.8. The number of aliphatic hydroxyl groups is 5. The number of carbonyl (C=O) groups is 2. The second-order valence-corrected chi connectivity index (χ2v) is 10.1. The van der Waals surface area contributed by atoms with Gasteiger partial charge in [0.25, 0.3) is 11.8 Å². The molecule has 2 aromatic rings. The SMILES string of the molecule is CN(C[C@@H](O)[C@@H](O)[C@H](O)[C@H](O)CO)C(=O)c1ccc(C2=CC(=C3C(=O)Nc4cc(F)ccc43)OC2(C)C)cc1. The number of nitrogens with zero attached hydrogens (tertiary/aromatic N) is 1. The van der Waals surface area contributed by atoms with Crippen molar-refractivity contribution in [2.45, 2.75) is 43.9 Å². The molecule has 0 radical (unpaired) electrons. The smallest absolute Gasteiger partial charge is 0.260 e. The summed E-state index contributed by atoms with van der Waals surface area (Å²) in [5.74, 6) is -0.976. The van der Waals surface area contributed by atoms with E-state index in [0.29, 0.717) is 28.1 Å². The van der Waals surface area contributed by atoms with Gasteiger partial charge in [0.2, 0.25) is 0 Å². The average Bonchev–Trinajstić information content (AvgIpc) is 3.40. The van der Waals surface area contributed by atoms with Gasteiger partial charge in [0.15, 0.2) is 0 Å². The van der Waals surface area contributed by atoms with Crippen molar-refractivity contribution in [2.75, 3.05) is 25.5 Å². The van der Waals surface area contributed by atoms with E-state index >= 15 is 0 Å². The van der Waals surface area contributed by atoms with Crippen LogP contribution in [-0.2, 0) is 9.53 Å². The predicted octanol–water partition coefficient (Wildman–Crippen LogP) is 0.889. The number of halogens is 1. The second kappa shape index (κ2) is 10.9. The molecule has 39 heavy (non-hydrogen) atoms. The van der Waals surface area contributed by atoms with E-state index in [0.717, 1.165) is 16.0 Å². The minimum absolute atomic E-state index is 0.293. The summed E-state index contributed by atoms with van der Waals surface area (Å²) < 4.78 is 19.8. The fourth-order valence-electron chi connectivity index (χ4n) is 4.66. The first-order chi connectivity index (χ1) is 18.3. The van der Waals surface area contributed by atoms with E-state index in [1.54, 1.807) is 30.3 Å². The number of anilines is 1. The molecule has 2 aliphatic rings. The van der Waals surface area contributed by atoms with E-state index in [4.69, 9.17) is 9.84 Å². The minimum atomic E-state index is -1.79. The van der Waals surface area contributed by atoms with Crippen LogP contribution in [0.15, 0.2) is 54.3 Å². The Bertz CT molecular complexity index is 1340. The first-order valence-electron chi connectivity index (χ1n) is 12.3. The maximum Gasteiger partial charge on any atom is 0.260 e. The molecule has 2 aromatic carbocycles. The number of aliphatic hydroxyl groups excluding tert-OH is 5. The highest BCUT2D eigenvalue weighted by atomic mass is 19.1. The zero-order valence-corrected chi connectivity index (χ0v) is 21.6. The molecule has 2 amide bonds. The lowest BCUT2D eigenvalue weighted by atomic mass is 9.91. The Morgan fingerprint density at radius 2 is 1.69 bits per heavy atom. The number of benzene rings is 2. The zero-order valence-electron chi connectivity index (χ0n) is 21.6. The molecule has 6 N–H and O–H groups in total. The maximum absolute atomic E-state index is 13.6. The summed E-state index contributed by atoms with van der Waals surface area (Å²) in [7, 11) is 1.41. The number of ether oxygens (including phenoxy) is 1. The van der Waals surface area contributed by atoms with E-state index in [9.17, 15) is 34.4 Å².